The van der Waals surface area contributed by atoms with Crippen LogP contribution in [-0.4, -0.2) is 17.1 Å². The standard InChI is InChI=1S/C19H24N2O2/c1-2-3-4-9-18(22)23-13-10-11-17-15(12-13)19(20)14-7-5-6-8-16(14)21-17/h5-8,13H,2-4,9-12H2,1H3,(H2,20,21). The van der Waals surface area contributed by atoms with Gasteiger partial charge in [-0.05, 0) is 25.3 Å². The molecule has 2 aromatic rings. The zero-order valence-corrected chi connectivity index (χ0v) is 13.7. The summed E-state index contributed by atoms with van der Waals surface area (Å²) in [5.74, 6) is -0.0841. The van der Waals surface area contributed by atoms with Crippen LogP contribution in [0.25, 0.3) is 10.9 Å². The highest BCUT2D eigenvalue weighted by Gasteiger charge is 2.25. The van der Waals surface area contributed by atoms with E-state index < -0.39 is 0 Å². The molecule has 0 radical (unpaired) electrons. The van der Waals surface area contributed by atoms with Crippen molar-refractivity contribution >= 4 is 22.6 Å². The van der Waals surface area contributed by atoms with Gasteiger partial charge in [-0.3, -0.25) is 9.78 Å². The molecule has 122 valence electrons. The number of carbonyl (C=O) groups excluding carboxylic acids is 1. The zero-order valence-electron chi connectivity index (χ0n) is 13.7. The van der Waals surface area contributed by atoms with Gasteiger partial charge in [0.05, 0.1) is 5.52 Å². The number of nitrogens with zero attached hydrogens (tertiary/aromatic N) is 1. The second-order valence-corrected chi connectivity index (χ2v) is 6.28. The fourth-order valence-corrected chi connectivity index (χ4v) is 3.26. The Kier molecular flexibility index (Phi) is 4.79. The number of rotatable bonds is 5. The lowest BCUT2D eigenvalue weighted by atomic mass is 9.91. The van der Waals surface area contributed by atoms with E-state index >= 15 is 0 Å². The van der Waals surface area contributed by atoms with Gasteiger partial charge in [-0.1, -0.05) is 38.0 Å². The summed E-state index contributed by atoms with van der Waals surface area (Å²) in [6.07, 6.45) is 5.87. The van der Waals surface area contributed by atoms with Crippen LogP contribution in [0.1, 0.15) is 50.3 Å². The highest BCUT2D eigenvalue weighted by Crippen LogP contribution is 2.32. The van der Waals surface area contributed by atoms with Crippen molar-refractivity contribution in [1.82, 2.24) is 4.98 Å². The minimum Gasteiger partial charge on any atom is -0.462 e. The largest absolute Gasteiger partial charge is 0.462 e. The van der Waals surface area contributed by atoms with Crippen molar-refractivity contribution in [3.8, 4) is 0 Å². The molecule has 0 fully saturated rings. The first-order chi connectivity index (χ1) is 11.2. The Bertz CT molecular complexity index is 712. The summed E-state index contributed by atoms with van der Waals surface area (Å²) in [7, 11) is 0. The summed E-state index contributed by atoms with van der Waals surface area (Å²) in [6.45, 7) is 2.13. The second kappa shape index (κ2) is 6.99. The minimum absolute atomic E-state index is 0.0677. The van der Waals surface area contributed by atoms with Crippen molar-refractivity contribution in [1.29, 1.82) is 0 Å². The molecule has 4 nitrogen and oxygen atoms in total. The van der Waals surface area contributed by atoms with Crippen LogP contribution >= 0.6 is 0 Å². The Morgan fingerprint density at radius 1 is 1.35 bits per heavy atom. The van der Waals surface area contributed by atoms with Crippen LogP contribution in [0.3, 0.4) is 0 Å². The zero-order chi connectivity index (χ0) is 16.2. The summed E-state index contributed by atoms with van der Waals surface area (Å²) < 4.78 is 5.64. The number of benzene rings is 1. The number of para-hydroxylation sites is 1. The van der Waals surface area contributed by atoms with Crippen molar-refractivity contribution in [2.24, 2.45) is 0 Å². The monoisotopic (exact) mass is 312 g/mol. The topological polar surface area (TPSA) is 65.2 Å². The first-order valence-corrected chi connectivity index (χ1v) is 8.54. The lowest BCUT2D eigenvalue weighted by Crippen LogP contribution is -2.27. The predicted octanol–water partition coefficient (Wildman–Crippen LogP) is 3.80. The Morgan fingerprint density at radius 2 is 2.17 bits per heavy atom. The van der Waals surface area contributed by atoms with E-state index in [1.807, 2.05) is 24.3 Å². The van der Waals surface area contributed by atoms with E-state index in [0.29, 0.717) is 12.8 Å². The molecule has 23 heavy (non-hydrogen) atoms. The van der Waals surface area contributed by atoms with Crippen molar-refractivity contribution in [3.63, 3.8) is 0 Å². The highest BCUT2D eigenvalue weighted by molar-refractivity contribution is 5.92. The lowest BCUT2D eigenvalue weighted by molar-refractivity contribution is -0.149. The van der Waals surface area contributed by atoms with Gasteiger partial charge in [-0.2, -0.15) is 0 Å². The van der Waals surface area contributed by atoms with Gasteiger partial charge in [-0.15, -0.1) is 0 Å². The van der Waals surface area contributed by atoms with E-state index in [-0.39, 0.29) is 12.1 Å². The number of aryl methyl sites for hydroxylation is 1. The third-order valence-electron chi connectivity index (χ3n) is 4.54. The predicted molar refractivity (Wildman–Crippen MR) is 92.2 cm³/mol. The molecule has 1 unspecified atom stereocenters. The Balaban J connectivity index is 1.73. The molecule has 0 saturated carbocycles. The Hall–Kier alpha value is -2.10. The number of esters is 1. The first kappa shape index (κ1) is 15.8. The smallest absolute Gasteiger partial charge is 0.306 e. The van der Waals surface area contributed by atoms with Crippen LogP contribution in [0.5, 0.6) is 0 Å². The average Bonchev–Trinajstić information content (AvgIpc) is 2.56. The van der Waals surface area contributed by atoms with Crippen LogP contribution in [-0.2, 0) is 22.4 Å². The average molecular weight is 312 g/mol. The van der Waals surface area contributed by atoms with Gasteiger partial charge in [-0.25, -0.2) is 0 Å². The number of nitrogens with two attached hydrogens (primary N) is 1. The quantitative estimate of drug-likeness (QED) is 0.673. The molecular formula is C19H24N2O2. The fourth-order valence-electron chi connectivity index (χ4n) is 3.26. The third-order valence-corrected chi connectivity index (χ3v) is 4.54. The summed E-state index contributed by atoms with van der Waals surface area (Å²) in [5.41, 5.74) is 10.2. The van der Waals surface area contributed by atoms with E-state index in [1.165, 1.54) is 0 Å². The maximum atomic E-state index is 11.9. The SMILES string of the molecule is CCCCCC(=O)OC1CCc2nc3ccccc3c(N)c2C1. The molecule has 1 aromatic heterocycles. The van der Waals surface area contributed by atoms with Crippen molar-refractivity contribution in [2.45, 2.75) is 58.0 Å². The van der Waals surface area contributed by atoms with Gasteiger partial charge in [0.15, 0.2) is 0 Å². The molecule has 1 aromatic carbocycles. The van der Waals surface area contributed by atoms with Crippen LogP contribution < -0.4 is 5.73 Å². The fraction of sp³-hybridized carbons (Fsp3) is 0.474. The van der Waals surface area contributed by atoms with Crippen molar-refractivity contribution in [3.05, 3.63) is 35.5 Å². The number of unbranched alkanes of at least 4 members (excludes halogenated alkanes) is 2. The number of pyridine rings is 1. The van der Waals surface area contributed by atoms with Gasteiger partial charge in [0.25, 0.3) is 0 Å². The molecule has 0 saturated heterocycles. The Morgan fingerprint density at radius 3 is 3.00 bits per heavy atom. The molecular weight excluding hydrogens is 288 g/mol. The maximum absolute atomic E-state index is 11.9. The van der Waals surface area contributed by atoms with E-state index in [4.69, 9.17) is 15.5 Å². The van der Waals surface area contributed by atoms with Crippen molar-refractivity contribution in [2.75, 3.05) is 5.73 Å². The molecule has 1 aliphatic rings. The van der Waals surface area contributed by atoms with Crippen LogP contribution in [0.15, 0.2) is 24.3 Å². The van der Waals surface area contributed by atoms with E-state index in [2.05, 4.69) is 6.92 Å². The van der Waals surface area contributed by atoms with Gasteiger partial charge in [0, 0.05) is 35.2 Å². The summed E-state index contributed by atoms with van der Waals surface area (Å²) >= 11 is 0. The van der Waals surface area contributed by atoms with Gasteiger partial charge >= 0.3 is 5.97 Å². The minimum atomic E-state index is -0.0841. The van der Waals surface area contributed by atoms with Crippen LogP contribution in [0.2, 0.25) is 0 Å². The molecule has 0 bridgehead atoms. The molecule has 3 rings (SSSR count). The molecule has 1 atom stereocenters. The van der Waals surface area contributed by atoms with Gasteiger partial charge in [0.1, 0.15) is 6.10 Å². The van der Waals surface area contributed by atoms with Gasteiger partial charge in [0.2, 0.25) is 0 Å². The summed E-state index contributed by atoms with van der Waals surface area (Å²) in [4.78, 5) is 16.7. The van der Waals surface area contributed by atoms with E-state index in [9.17, 15) is 4.79 Å². The number of carbonyl (C=O) groups is 1. The van der Waals surface area contributed by atoms with Crippen LogP contribution in [0.4, 0.5) is 5.69 Å². The number of hydrogen-bond donors (Lipinski definition) is 1. The molecule has 2 N–H and O–H groups in total. The van der Waals surface area contributed by atoms with E-state index in [0.717, 1.165) is 60.0 Å². The Labute approximate surface area is 137 Å². The number of hydrogen-bond acceptors (Lipinski definition) is 4. The number of ether oxygens (including phenoxy) is 1. The number of fused-ring (bicyclic) bond motifs is 2. The lowest BCUT2D eigenvalue weighted by Gasteiger charge is -2.26. The third kappa shape index (κ3) is 3.46. The number of anilines is 1. The second-order valence-electron chi connectivity index (χ2n) is 6.28. The summed E-state index contributed by atoms with van der Waals surface area (Å²) in [6, 6.07) is 7.94. The molecule has 0 amide bonds. The van der Waals surface area contributed by atoms with Gasteiger partial charge < -0.3 is 10.5 Å². The highest BCUT2D eigenvalue weighted by atomic mass is 16.5. The molecule has 0 spiro atoms. The molecule has 1 heterocycles. The van der Waals surface area contributed by atoms with Crippen LogP contribution in [0, 0.1) is 0 Å². The summed E-state index contributed by atoms with van der Waals surface area (Å²) in [5, 5.41) is 0.987. The molecule has 0 aliphatic heterocycles. The van der Waals surface area contributed by atoms with E-state index in [1.54, 1.807) is 0 Å². The van der Waals surface area contributed by atoms with Crippen molar-refractivity contribution < 1.29 is 9.53 Å². The normalized spacial score (nSPS) is 17.0. The maximum Gasteiger partial charge on any atom is 0.306 e. The molecule has 1 aliphatic carbocycles. The molecule has 4 heteroatoms. The number of aromatic nitrogens is 1. The number of nitrogen functional groups attached to an aromatic ring is 1. The first-order valence-electron chi connectivity index (χ1n) is 8.54.